The average Bonchev–Trinajstić information content (AvgIpc) is 3.06. The lowest BCUT2D eigenvalue weighted by Gasteiger charge is -2.31. The lowest BCUT2D eigenvalue weighted by molar-refractivity contribution is -0.130. The van der Waals surface area contributed by atoms with E-state index in [4.69, 9.17) is 0 Å². The summed E-state index contributed by atoms with van der Waals surface area (Å²) >= 11 is 0. The molecule has 0 unspecified atom stereocenters. The lowest BCUT2D eigenvalue weighted by atomic mass is 10.1. The van der Waals surface area contributed by atoms with Crippen LogP contribution in [-0.2, 0) is 21.4 Å². The number of anilines is 1. The first kappa shape index (κ1) is 21.4. The molecule has 4 rings (SSSR count). The standard InChI is InChI=1S/C23H28N4O3S/c1-25(16-18-10-4-6-12-20(18)27-14-8-3-9-15-27)22(28)17-26(2)23-19-11-5-7-13-21(19)31(29,30)24-23/h4-7,10-13H,3,8-9,14-17H2,1-2H3. The number of nitrogens with zero attached hydrogens (tertiary/aromatic N) is 4. The van der Waals surface area contributed by atoms with Gasteiger partial charge in [0.2, 0.25) is 5.91 Å². The topological polar surface area (TPSA) is 73.3 Å². The lowest BCUT2D eigenvalue weighted by Crippen LogP contribution is -2.39. The van der Waals surface area contributed by atoms with Crippen LogP contribution in [0, 0.1) is 0 Å². The molecule has 1 amide bonds. The minimum Gasteiger partial charge on any atom is -0.371 e. The SMILES string of the molecule is CN(Cc1ccccc1N1CCCCC1)C(=O)CN(C)C1=NS(=O)(=O)c2ccccc21. The maximum atomic E-state index is 12.9. The second-order valence-corrected chi connectivity index (χ2v) is 9.74. The van der Waals surface area contributed by atoms with E-state index < -0.39 is 10.0 Å². The van der Waals surface area contributed by atoms with Gasteiger partial charge in [-0.05, 0) is 43.0 Å². The quantitative estimate of drug-likeness (QED) is 0.715. The normalized spacial score (nSPS) is 17.1. The minimum atomic E-state index is -3.71. The second-order valence-electron chi connectivity index (χ2n) is 8.17. The molecule has 2 aliphatic heterocycles. The van der Waals surface area contributed by atoms with E-state index in [0.29, 0.717) is 17.9 Å². The number of hydrogen-bond donors (Lipinski definition) is 0. The van der Waals surface area contributed by atoms with Gasteiger partial charge in [0, 0.05) is 45.0 Å². The maximum Gasteiger partial charge on any atom is 0.285 e. The van der Waals surface area contributed by atoms with Gasteiger partial charge in [0.15, 0.2) is 5.84 Å². The molecule has 1 saturated heterocycles. The first-order chi connectivity index (χ1) is 14.9. The van der Waals surface area contributed by atoms with E-state index in [9.17, 15) is 13.2 Å². The third-order valence-electron chi connectivity index (χ3n) is 5.87. The van der Waals surface area contributed by atoms with Gasteiger partial charge in [-0.3, -0.25) is 4.79 Å². The smallest absolute Gasteiger partial charge is 0.285 e. The Morgan fingerprint density at radius 1 is 1.00 bits per heavy atom. The molecular formula is C23H28N4O3S. The largest absolute Gasteiger partial charge is 0.371 e. The Bertz CT molecular complexity index is 1110. The molecule has 0 bridgehead atoms. The monoisotopic (exact) mass is 440 g/mol. The van der Waals surface area contributed by atoms with Gasteiger partial charge in [-0.2, -0.15) is 8.42 Å². The van der Waals surface area contributed by atoms with Crippen molar-refractivity contribution in [3.8, 4) is 0 Å². The van der Waals surface area contributed by atoms with Gasteiger partial charge in [0.1, 0.15) is 4.90 Å². The van der Waals surface area contributed by atoms with Crippen molar-refractivity contribution in [3.05, 3.63) is 59.7 Å². The third-order valence-corrected chi connectivity index (χ3v) is 7.19. The molecule has 0 aromatic heterocycles. The van der Waals surface area contributed by atoms with Crippen LogP contribution in [0.5, 0.6) is 0 Å². The zero-order chi connectivity index (χ0) is 22.0. The number of amidine groups is 1. The van der Waals surface area contributed by atoms with Gasteiger partial charge in [0.25, 0.3) is 10.0 Å². The predicted octanol–water partition coefficient (Wildman–Crippen LogP) is 2.72. The molecule has 2 aromatic carbocycles. The van der Waals surface area contributed by atoms with Crippen molar-refractivity contribution in [1.82, 2.24) is 9.80 Å². The molecule has 2 aliphatic rings. The molecule has 164 valence electrons. The molecule has 0 N–H and O–H groups in total. The van der Waals surface area contributed by atoms with Crippen LogP contribution in [-0.4, -0.2) is 63.7 Å². The highest BCUT2D eigenvalue weighted by Crippen LogP contribution is 2.27. The molecule has 2 heterocycles. The minimum absolute atomic E-state index is 0.0467. The number of benzene rings is 2. The van der Waals surface area contributed by atoms with E-state index in [0.717, 1.165) is 18.7 Å². The highest BCUT2D eigenvalue weighted by molar-refractivity contribution is 7.90. The molecule has 0 radical (unpaired) electrons. The van der Waals surface area contributed by atoms with Gasteiger partial charge in [-0.25, -0.2) is 0 Å². The van der Waals surface area contributed by atoms with Crippen molar-refractivity contribution in [2.24, 2.45) is 4.40 Å². The number of piperidine rings is 1. The van der Waals surface area contributed by atoms with Gasteiger partial charge in [0.05, 0.1) is 6.54 Å². The van der Waals surface area contributed by atoms with Crippen LogP contribution in [0.3, 0.4) is 0 Å². The summed E-state index contributed by atoms with van der Waals surface area (Å²) in [5.74, 6) is 0.214. The molecule has 31 heavy (non-hydrogen) atoms. The molecule has 8 heteroatoms. The Kier molecular flexibility index (Phi) is 6.00. The fraction of sp³-hybridized carbons (Fsp3) is 0.391. The summed E-state index contributed by atoms with van der Waals surface area (Å²) in [5.41, 5.74) is 2.85. The third kappa shape index (κ3) is 4.44. The van der Waals surface area contributed by atoms with E-state index in [-0.39, 0.29) is 17.3 Å². The molecular weight excluding hydrogens is 412 g/mol. The van der Waals surface area contributed by atoms with E-state index in [1.54, 1.807) is 48.2 Å². The van der Waals surface area contributed by atoms with Crippen LogP contribution < -0.4 is 4.90 Å². The van der Waals surface area contributed by atoms with Gasteiger partial charge in [-0.15, -0.1) is 4.40 Å². The highest BCUT2D eigenvalue weighted by Gasteiger charge is 2.31. The summed E-state index contributed by atoms with van der Waals surface area (Å²) in [4.78, 5) is 18.8. The number of rotatable bonds is 5. The number of fused-ring (bicyclic) bond motifs is 1. The summed E-state index contributed by atoms with van der Waals surface area (Å²) < 4.78 is 28.5. The second kappa shape index (κ2) is 8.70. The number of sulfonamides is 1. The van der Waals surface area contributed by atoms with Crippen LogP contribution >= 0.6 is 0 Å². The van der Waals surface area contributed by atoms with Crippen molar-refractivity contribution in [3.63, 3.8) is 0 Å². The van der Waals surface area contributed by atoms with Crippen molar-refractivity contribution < 1.29 is 13.2 Å². The molecule has 0 atom stereocenters. The maximum absolute atomic E-state index is 12.9. The van der Waals surface area contributed by atoms with E-state index in [1.165, 1.54) is 24.9 Å². The van der Waals surface area contributed by atoms with Gasteiger partial charge < -0.3 is 14.7 Å². The Hall–Kier alpha value is -2.87. The summed E-state index contributed by atoms with van der Waals surface area (Å²) in [6.07, 6.45) is 3.66. The van der Waals surface area contributed by atoms with Crippen LogP contribution in [0.1, 0.15) is 30.4 Å². The number of hydrogen-bond acceptors (Lipinski definition) is 5. The summed E-state index contributed by atoms with van der Waals surface area (Å²) in [6, 6.07) is 14.9. The van der Waals surface area contributed by atoms with Crippen molar-refractivity contribution in [2.75, 3.05) is 38.6 Å². The number of carbonyl (C=O) groups excluding carboxylic acids is 1. The van der Waals surface area contributed by atoms with Gasteiger partial charge >= 0.3 is 0 Å². The van der Waals surface area contributed by atoms with Crippen molar-refractivity contribution in [1.29, 1.82) is 0 Å². The fourth-order valence-electron chi connectivity index (χ4n) is 4.19. The molecule has 2 aromatic rings. The van der Waals surface area contributed by atoms with E-state index in [2.05, 4.69) is 21.4 Å². The first-order valence-electron chi connectivity index (χ1n) is 10.6. The number of para-hydroxylation sites is 1. The van der Waals surface area contributed by atoms with Crippen LogP contribution in [0.4, 0.5) is 5.69 Å². The Morgan fingerprint density at radius 2 is 1.68 bits per heavy atom. The van der Waals surface area contributed by atoms with E-state index >= 15 is 0 Å². The highest BCUT2D eigenvalue weighted by atomic mass is 32.2. The number of carbonyl (C=O) groups is 1. The Balaban J connectivity index is 1.46. The summed E-state index contributed by atoms with van der Waals surface area (Å²) in [5, 5.41) is 0. The van der Waals surface area contributed by atoms with Crippen LogP contribution in [0.2, 0.25) is 0 Å². The molecule has 1 fully saturated rings. The summed E-state index contributed by atoms with van der Waals surface area (Å²) in [7, 11) is -0.226. The zero-order valence-corrected chi connectivity index (χ0v) is 18.8. The van der Waals surface area contributed by atoms with Crippen LogP contribution in [0.15, 0.2) is 57.8 Å². The molecule has 0 aliphatic carbocycles. The molecule has 0 saturated carbocycles. The van der Waals surface area contributed by atoms with Crippen LogP contribution in [0.25, 0.3) is 0 Å². The van der Waals surface area contributed by atoms with E-state index in [1.807, 2.05) is 12.1 Å². The predicted molar refractivity (Wildman–Crippen MR) is 122 cm³/mol. The summed E-state index contributed by atoms with van der Waals surface area (Å²) in [6.45, 7) is 2.64. The molecule has 0 spiro atoms. The Labute approximate surface area is 184 Å². The fourth-order valence-corrected chi connectivity index (χ4v) is 5.45. The number of amides is 1. The van der Waals surface area contributed by atoms with Crippen molar-refractivity contribution >= 4 is 27.5 Å². The zero-order valence-electron chi connectivity index (χ0n) is 18.0. The number of likely N-dealkylation sites (N-methyl/N-ethyl adjacent to an activating group) is 2. The Morgan fingerprint density at radius 3 is 2.45 bits per heavy atom. The van der Waals surface area contributed by atoms with Crippen molar-refractivity contribution in [2.45, 2.75) is 30.7 Å². The average molecular weight is 441 g/mol. The molecule has 7 nitrogen and oxygen atoms in total. The first-order valence-corrected chi connectivity index (χ1v) is 12.0. The van der Waals surface area contributed by atoms with Gasteiger partial charge in [-0.1, -0.05) is 30.3 Å².